The number of rotatable bonds is 2. The summed E-state index contributed by atoms with van der Waals surface area (Å²) in [6.45, 7) is 1.79. The van der Waals surface area contributed by atoms with Gasteiger partial charge in [-0.2, -0.15) is 5.26 Å². The van der Waals surface area contributed by atoms with Gasteiger partial charge in [0.2, 0.25) is 0 Å². The topological polar surface area (TPSA) is 70.2 Å². The molecule has 0 bridgehead atoms. The van der Waals surface area contributed by atoms with Gasteiger partial charge in [-0.1, -0.05) is 0 Å². The lowest BCUT2D eigenvalue weighted by Crippen LogP contribution is -2.19. The summed E-state index contributed by atoms with van der Waals surface area (Å²) in [6.07, 6.45) is 2.18. The maximum absolute atomic E-state index is 10.7. The Kier molecular flexibility index (Phi) is 3.29. The molecule has 1 aliphatic rings. The van der Waals surface area contributed by atoms with Gasteiger partial charge < -0.3 is 4.90 Å². The van der Waals surface area contributed by atoms with E-state index in [1.807, 2.05) is 6.07 Å². The fourth-order valence-electron chi connectivity index (χ4n) is 2.04. The Balaban J connectivity index is 2.51. The number of halogens is 1. The van der Waals surface area contributed by atoms with E-state index in [2.05, 4.69) is 20.8 Å². The van der Waals surface area contributed by atoms with Gasteiger partial charge in [-0.3, -0.25) is 10.1 Å². The van der Waals surface area contributed by atoms with E-state index in [4.69, 9.17) is 5.26 Å². The molecular weight excluding hydrogens is 286 g/mol. The molecule has 1 aliphatic heterocycles. The third kappa shape index (κ3) is 2.24. The van der Waals surface area contributed by atoms with Crippen molar-refractivity contribution in [3.05, 3.63) is 32.3 Å². The van der Waals surface area contributed by atoms with Gasteiger partial charge in [0.25, 0.3) is 5.69 Å². The fraction of sp³-hybridized carbons (Fsp3) is 0.364. The minimum Gasteiger partial charge on any atom is -0.370 e. The van der Waals surface area contributed by atoms with Crippen LogP contribution in [-0.4, -0.2) is 18.0 Å². The fourth-order valence-corrected chi connectivity index (χ4v) is 2.74. The summed E-state index contributed by atoms with van der Waals surface area (Å²) >= 11 is 3.32. The van der Waals surface area contributed by atoms with Crippen LogP contribution < -0.4 is 4.90 Å². The van der Waals surface area contributed by atoms with Crippen molar-refractivity contribution >= 4 is 27.3 Å². The predicted molar refractivity (Wildman–Crippen MR) is 67.0 cm³/mol. The third-order valence-corrected chi connectivity index (χ3v) is 3.41. The van der Waals surface area contributed by atoms with E-state index in [9.17, 15) is 10.1 Å². The molecule has 0 unspecified atom stereocenters. The zero-order valence-electron chi connectivity index (χ0n) is 9.02. The van der Waals surface area contributed by atoms with Crippen LogP contribution in [0, 0.1) is 21.4 Å². The van der Waals surface area contributed by atoms with Gasteiger partial charge in [0.05, 0.1) is 16.2 Å². The largest absolute Gasteiger partial charge is 0.370 e. The normalized spacial score (nSPS) is 14.7. The monoisotopic (exact) mass is 295 g/mol. The molecule has 0 radical (unpaired) electrons. The van der Waals surface area contributed by atoms with Crippen LogP contribution in [0.1, 0.15) is 18.4 Å². The van der Waals surface area contributed by atoms with Gasteiger partial charge in [-0.15, -0.1) is 0 Å². The van der Waals surface area contributed by atoms with Crippen molar-refractivity contribution in [1.82, 2.24) is 0 Å². The first kappa shape index (κ1) is 11.9. The molecule has 1 heterocycles. The molecule has 0 aliphatic carbocycles. The first-order valence-corrected chi connectivity index (χ1v) is 6.06. The van der Waals surface area contributed by atoms with E-state index in [0.717, 1.165) is 31.6 Å². The lowest BCUT2D eigenvalue weighted by molar-refractivity contribution is -0.384. The van der Waals surface area contributed by atoms with Crippen molar-refractivity contribution in [3.8, 4) is 6.07 Å². The highest BCUT2D eigenvalue weighted by atomic mass is 79.9. The van der Waals surface area contributed by atoms with Crippen LogP contribution in [-0.2, 0) is 0 Å². The first-order valence-electron chi connectivity index (χ1n) is 5.26. The number of nitro groups is 1. The van der Waals surface area contributed by atoms with E-state index in [-0.39, 0.29) is 5.69 Å². The Morgan fingerprint density at radius 2 is 2.06 bits per heavy atom. The number of nitrogens with zero attached hydrogens (tertiary/aromatic N) is 3. The average molecular weight is 296 g/mol. The van der Waals surface area contributed by atoms with Crippen LogP contribution >= 0.6 is 15.9 Å². The van der Waals surface area contributed by atoms with Crippen LogP contribution in [0.3, 0.4) is 0 Å². The molecule has 1 fully saturated rings. The molecule has 88 valence electrons. The van der Waals surface area contributed by atoms with Crippen LogP contribution in [0.15, 0.2) is 16.6 Å². The maximum Gasteiger partial charge on any atom is 0.272 e. The van der Waals surface area contributed by atoms with Crippen molar-refractivity contribution in [2.45, 2.75) is 12.8 Å². The Morgan fingerprint density at radius 1 is 1.41 bits per heavy atom. The van der Waals surface area contributed by atoms with Gasteiger partial charge in [0, 0.05) is 29.7 Å². The second-order valence-corrected chi connectivity index (χ2v) is 4.74. The van der Waals surface area contributed by atoms with Gasteiger partial charge in [0.1, 0.15) is 6.07 Å². The minimum atomic E-state index is -0.487. The standard InChI is InChI=1S/C11H10BrN3O2/c12-10-6-9(15(16)17)5-8(7-13)11(10)14-3-1-2-4-14/h5-6H,1-4H2. The number of hydrogen-bond acceptors (Lipinski definition) is 4. The van der Waals surface area contributed by atoms with E-state index in [0.29, 0.717) is 10.0 Å². The molecular formula is C11H10BrN3O2. The van der Waals surface area contributed by atoms with E-state index < -0.39 is 4.92 Å². The van der Waals surface area contributed by atoms with Gasteiger partial charge in [-0.05, 0) is 28.8 Å². The summed E-state index contributed by atoms with van der Waals surface area (Å²) in [5.41, 5.74) is 1.07. The second kappa shape index (κ2) is 4.72. The molecule has 0 aromatic heterocycles. The van der Waals surface area contributed by atoms with Gasteiger partial charge >= 0.3 is 0 Å². The summed E-state index contributed by atoms with van der Waals surface area (Å²) in [5, 5.41) is 19.8. The van der Waals surface area contributed by atoms with Gasteiger partial charge in [-0.25, -0.2) is 0 Å². The number of hydrogen-bond donors (Lipinski definition) is 0. The zero-order valence-corrected chi connectivity index (χ0v) is 10.6. The number of nitriles is 1. The summed E-state index contributed by atoms with van der Waals surface area (Å²) in [5.74, 6) is 0. The predicted octanol–water partition coefficient (Wildman–Crippen LogP) is 2.83. The highest BCUT2D eigenvalue weighted by Gasteiger charge is 2.22. The maximum atomic E-state index is 10.7. The first-order chi connectivity index (χ1) is 8.13. The number of non-ortho nitro benzene ring substituents is 1. The van der Waals surface area contributed by atoms with Crippen LogP contribution in [0.4, 0.5) is 11.4 Å². The number of nitro benzene ring substituents is 1. The summed E-state index contributed by atoms with van der Waals surface area (Å²) in [4.78, 5) is 12.3. The summed E-state index contributed by atoms with van der Waals surface area (Å²) in [7, 11) is 0. The van der Waals surface area contributed by atoms with Crippen molar-refractivity contribution in [3.63, 3.8) is 0 Å². The summed E-state index contributed by atoms with van der Waals surface area (Å²) in [6, 6.07) is 4.82. The highest BCUT2D eigenvalue weighted by Crippen LogP contribution is 2.35. The Morgan fingerprint density at radius 3 is 2.59 bits per heavy atom. The van der Waals surface area contributed by atoms with E-state index >= 15 is 0 Å². The molecule has 0 saturated carbocycles. The molecule has 0 spiro atoms. The quantitative estimate of drug-likeness (QED) is 0.621. The lowest BCUT2D eigenvalue weighted by atomic mass is 10.1. The van der Waals surface area contributed by atoms with E-state index in [1.165, 1.54) is 12.1 Å². The summed E-state index contributed by atoms with van der Waals surface area (Å²) < 4.78 is 0.616. The average Bonchev–Trinajstić information content (AvgIpc) is 2.80. The highest BCUT2D eigenvalue weighted by molar-refractivity contribution is 9.10. The van der Waals surface area contributed by atoms with Crippen molar-refractivity contribution in [2.24, 2.45) is 0 Å². The Bertz CT molecular complexity index is 504. The Hall–Kier alpha value is -1.61. The molecule has 1 aromatic rings. The SMILES string of the molecule is N#Cc1cc([N+](=O)[O-])cc(Br)c1N1CCCC1. The van der Waals surface area contributed by atoms with E-state index in [1.54, 1.807) is 0 Å². The third-order valence-electron chi connectivity index (χ3n) is 2.80. The number of benzene rings is 1. The van der Waals surface area contributed by atoms with Gasteiger partial charge in [0.15, 0.2) is 0 Å². The van der Waals surface area contributed by atoms with Crippen molar-refractivity contribution in [1.29, 1.82) is 5.26 Å². The molecule has 5 nitrogen and oxygen atoms in total. The smallest absolute Gasteiger partial charge is 0.272 e. The zero-order chi connectivity index (χ0) is 12.4. The Labute approximate surface area is 107 Å². The lowest BCUT2D eigenvalue weighted by Gasteiger charge is -2.20. The minimum absolute atomic E-state index is 0.0589. The molecule has 0 atom stereocenters. The van der Waals surface area contributed by atoms with Crippen LogP contribution in [0.2, 0.25) is 0 Å². The van der Waals surface area contributed by atoms with Crippen molar-refractivity contribution in [2.75, 3.05) is 18.0 Å². The molecule has 0 N–H and O–H groups in total. The molecule has 17 heavy (non-hydrogen) atoms. The molecule has 2 rings (SSSR count). The van der Waals surface area contributed by atoms with Crippen LogP contribution in [0.5, 0.6) is 0 Å². The molecule has 6 heteroatoms. The second-order valence-electron chi connectivity index (χ2n) is 3.89. The molecule has 0 amide bonds. The molecule has 1 aromatic carbocycles. The number of anilines is 1. The molecule has 1 saturated heterocycles. The van der Waals surface area contributed by atoms with Crippen molar-refractivity contribution < 1.29 is 4.92 Å². The van der Waals surface area contributed by atoms with Crippen LogP contribution in [0.25, 0.3) is 0 Å².